The summed E-state index contributed by atoms with van der Waals surface area (Å²) in [4.78, 5) is 29.1. The third-order valence-corrected chi connectivity index (χ3v) is 6.01. The number of nitriles is 1. The number of thioether (sulfide) groups is 1. The Balaban J connectivity index is 1.34. The lowest BCUT2D eigenvalue weighted by Gasteiger charge is -2.10. The van der Waals surface area contributed by atoms with Crippen LogP contribution in [0.2, 0.25) is 0 Å². The molecule has 1 aromatic heterocycles. The van der Waals surface area contributed by atoms with E-state index in [0.717, 1.165) is 5.69 Å². The zero-order valence-electron chi connectivity index (χ0n) is 18.4. The fraction of sp³-hybridized carbons (Fsp3) is 0.0769. The number of aromatic nitrogens is 2. The lowest BCUT2D eigenvalue weighted by molar-refractivity contribution is -0.113. The molecule has 3 aromatic carbocycles. The standard InChI is InChI=1S/C26H20FN5O2S/c27-23-4-2-1-3-20(23)16-30-25(34)19-7-11-22(12-8-19)32-14-13-29-26(32)35-17-24(33)31-21-9-5-18(15-28)6-10-21/h1-14H,16-17H2,(H,30,34)(H,31,33). The lowest BCUT2D eigenvalue weighted by Crippen LogP contribution is -2.23. The maximum absolute atomic E-state index is 13.7. The van der Waals surface area contributed by atoms with Crippen LogP contribution >= 0.6 is 11.8 Å². The SMILES string of the molecule is N#Cc1ccc(NC(=O)CSc2nccn2-c2ccc(C(=O)NCc3ccccc3F)cc2)cc1. The maximum Gasteiger partial charge on any atom is 0.251 e. The molecule has 0 bridgehead atoms. The summed E-state index contributed by atoms with van der Waals surface area (Å²) >= 11 is 1.27. The number of hydrogen-bond donors (Lipinski definition) is 2. The first-order chi connectivity index (χ1) is 17.0. The number of imidazole rings is 1. The van der Waals surface area contributed by atoms with Crippen molar-refractivity contribution in [1.82, 2.24) is 14.9 Å². The van der Waals surface area contributed by atoms with Crippen LogP contribution in [-0.4, -0.2) is 27.1 Å². The number of carbonyl (C=O) groups is 2. The Morgan fingerprint density at radius 1 is 1.03 bits per heavy atom. The van der Waals surface area contributed by atoms with Gasteiger partial charge in [0.15, 0.2) is 5.16 Å². The molecule has 0 spiro atoms. The van der Waals surface area contributed by atoms with E-state index in [1.54, 1.807) is 79.1 Å². The second kappa shape index (κ2) is 11.1. The number of anilines is 1. The second-order valence-corrected chi connectivity index (χ2v) is 8.37. The van der Waals surface area contributed by atoms with Gasteiger partial charge in [0, 0.05) is 41.4 Å². The Bertz CT molecular complexity index is 1380. The number of hydrogen-bond acceptors (Lipinski definition) is 5. The van der Waals surface area contributed by atoms with Gasteiger partial charge in [-0.25, -0.2) is 9.37 Å². The van der Waals surface area contributed by atoms with Crippen LogP contribution in [0.25, 0.3) is 5.69 Å². The maximum atomic E-state index is 13.7. The summed E-state index contributed by atoms with van der Waals surface area (Å²) in [5.74, 6) is -0.720. The third kappa shape index (κ3) is 6.13. The number of nitrogens with zero attached hydrogens (tertiary/aromatic N) is 3. The highest BCUT2D eigenvalue weighted by Gasteiger charge is 2.11. The van der Waals surface area contributed by atoms with Crippen LogP contribution in [0.1, 0.15) is 21.5 Å². The smallest absolute Gasteiger partial charge is 0.251 e. The van der Waals surface area contributed by atoms with Gasteiger partial charge >= 0.3 is 0 Å². The number of halogens is 1. The zero-order valence-corrected chi connectivity index (χ0v) is 19.3. The molecule has 35 heavy (non-hydrogen) atoms. The van der Waals surface area contributed by atoms with E-state index in [0.29, 0.717) is 27.5 Å². The minimum Gasteiger partial charge on any atom is -0.348 e. The van der Waals surface area contributed by atoms with Crippen molar-refractivity contribution in [2.24, 2.45) is 0 Å². The molecule has 0 fully saturated rings. The number of carbonyl (C=O) groups excluding carboxylic acids is 2. The first-order valence-corrected chi connectivity index (χ1v) is 11.6. The minimum absolute atomic E-state index is 0.0973. The predicted molar refractivity (Wildman–Crippen MR) is 132 cm³/mol. The van der Waals surface area contributed by atoms with Gasteiger partial charge in [-0.2, -0.15) is 5.26 Å². The first-order valence-electron chi connectivity index (χ1n) is 10.6. The van der Waals surface area contributed by atoms with Crippen molar-refractivity contribution in [3.05, 3.63) is 108 Å². The van der Waals surface area contributed by atoms with E-state index in [2.05, 4.69) is 15.6 Å². The first kappa shape index (κ1) is 23.7. The highest BCUT2D eigenvalue weighted by Crippen LogP contribution is 2.21. The van der Waals surface area contributed by atoms with Crippen molar-refractivity contribution in [3.8, 4) is 11.8 Å². The molecule has 174 valence electrons. The van der Waals surface area contributed by atoms with Crippen LogP contribution in [0, 0.1) is 17.1 Å². The molecule has 0 atom stereocenters. The van der Waals surface area contributed by atoms with E-state index >= 15 is 0 Å². The van der Waals surface area contributed by atoms with Gasteiger partial charge in [0.05, 0.1) is 17.4 Å². The molecule has 0 unspecified atom stereocenters. The Kier molecular flexibility index (Phi) is 7.55. The number of amides is 2. The summed E-state index contributed by atoms with van der Waals surface area (Å²) in [6.07, 6.45) is 3.41. The van der Waals surface area contributed by atoms with E-state index in [1.165, 1.54) is 17.8 Å². The fourth-order valence-electron chi connectivity index (χ4n) is 3.24. The van der Waals surface area contributed by atoms with Gasteiger partial charge in [0.2, 0.25) is 5.91 Å². The molecule has 2 amide bonds. The molecule has 0 aliphatic carbocycles. The van der Waals surface area contributed by atoms with Crippen molar-refractivity contribution in [2.45, 2.75) is 11.7 Å². The largest absolute Gasteiger partial charge is 0.348 e. The Morgan fingerprint density at radius 3 is 2.49 bits per heavy atom. The van der Waals surface area contributed by atoms with Crippen molar-refractivity contribution in [3.63, 3.8) is 0 Å². The van der Waals surface area contributed by atoms with Gasteiger partial charge in [0.25, 0.3) is 5.91 Å². The normalized spacial score (nSPS) is 10.4. The van der Waals surface area contributed by atoms with Crippen molar-refractivity contribution in [1.29, 1.82) is 5.26 Å². The summed E-state index contributed by atoms with van der Waals surface area (Å²) in [5, 5.41) is 15.0. The lowest BCUT2D eigenvalue weighted by atomic mass is 10.1. The molecule has 2 N–H and O–H groups in total. The fourth-order valence-corrected chi connectivity index (χ4v) is 4.01. The van der Waals surface area contributed by atoms with Crippen molar-refractivity contribution >= 4 is 29.3 Å². The van der Waals surface area contributed by atoms with Crippen LogP contribution in [0.15, 0.2) is 90.3 Å². The average Bonchev–Trinajstić information content (AvgIpc) is 3.36. The zero-order chi connectivity index (χ0) is 24.6. The Hall–Kier alpha value is -4.42. The van der Waals surface area contributed by atoms with E-state index in [9.17, 15) is 14.0 Å². The minimum atomic E-state index is -0.362. The van der Waals surface area contributed by atoms with Crippen LogP contribution in [0.4, 0.5) is 10.1 Å². The highest BCUT2D eigenvalue weighted by atomic mass is 32.2. The molecule has 0 radical (unpaired) electrons. The summed E-state index contributed by atoms with van der Waals surface area (Å²) in [6, 6.07) is 21.9. The topological polar surface area (TPSA) is 99.8 Å². The molecule has 0 saturated heterocycles. The monoisotopic (exact) mass is 485 g/mol. The average molecular weight is 486 g/mol. The predicted octanol–water partition coefficient (Wildman–Crippen LogP) is 4.54. The number of nitrogens with one attached hydrogen (secondary N) is 2. The van der Waals surface area contributed by atoms with Crippen LogP contribution < -0.4 is 10.6 Å². The molecule has 9 heteroatoms. The number of rotatable bonds is 8. The van der Waals surface area contributed by atoms with Gasteiger partial charge in [0.1, 0.15) is 5.82 Å². The molecule has 4 rings (SSSR count). The third-order valence-electron chi connectivity index (χ3n) is 5.04. The van der Waals surface area contributed by atoms with Crippen LogP contribution in [0.3, 0.4) is 0 Å². The number of benzene rings is 3. The molecule has 0 saturated carbocycles. The van der Waals surface area contributed by atoms with Crippen molar-refractivity contribution in [2.75, 3.05) is 11.1 Å². The van der Waals surface area contributed by atoms with E-state index < -0.39 is 0 Å². The Morgan fingerprint density at radius 2 is 1.77 bits per heavy atom. The van der Waals surface area contributed by atoms with Gasteiger partial charge < -0.3 is 10.6 Å². The van der Waals surface area contributed by atoms with E-state index in [1.807, 2.05) is 10.6 Å². The highest BCUT2D eigenvalue weighted by molar-refractivity contribution is 7.99. The molecular formula is C26H20FN5O2S. The molecule has 4 aromatic rings. The molecule has 0 aliphatic heterocycles. The van der Waals surface area contributed by atoms with Gasteiger partial charge in [-0.3, -0.25) is 14.2 Å². The molecule has 7 nitrogen and oxygen atoms in total. The summed E-state index contributed by atoms with van der Waals surface area (Å²) < 4.78 is 15.6. The van der Waals surface area contributed by atoms with Crippen molar-refractivity contribution < 1.29 is 14.0 Å². The molecular weight excluding hydrogens is 465 g/mol. The quantitative estimate of drug-likeness (QED) is 0.357. The molecule has 0 aliphatic rings. The summed E-state index contributed by atoms with van der Waals surface area (Å²) in [6.45, 7) is 0.0973. The summed E-state index contributed by atoms with van der Waals surface area (Å²) in [7, 11) is 0. The van der Waals surface area contributed by atoms with Crippen LogP contribution in [0.5, 0.6) is 0 Å². The molecule has 1 heterocycles. The summed E-state index contributed by atoms with van der Waals surface area (Å²) in [5.41, 5.74) is 2.78. The van der Waals surface area contributed by atoms with E-state index in [4.69, 9.17) is 5.26 Å². The van der Waals surface area contributed by atoms with Gasteiger partial charge in [-0.05, 0) is 54.6 Å². The van der Waals surface area contributed by atoms with Gasteiger partial charge in [-0.15, -0.1) is 0 Å². The Labute approximate surface area is 205 Å². The van der Waals surface area contributed by atoms with Crippen LogP contribution in [-0.2, 0) is 11.3 Å². The van der Waals surface area contributed by atoms with Gasteiger partial charge in [-0.1, -0.05) is 30.0 Å². The second-order valence-electron chi connectivity index (χ2n) is 7.43. The van der Waals surface area contributed by atoms with E-state index in [-0.39, 0.29) is 29.9 Å².